The maximum Gasteiger partial charge on any atom is 0.264 e. The van der Waals surface area contributed by atoms with E-state index in [1.54, 1.807) is 50.2 Å². The van der Waals surface area contributed by atoms with Crippen LogP contribution in [-0.4, -0.2) is 128 Å². The molecule has 18 nitrogen and oxygen atoms in total. The SMILES string of the molecule is CC(C)S(=O)(=O)c1ccccc1Nc1nc(Nc2ccc(N3CCN(CCOCCNC(=O)CNc4cccc5c4C(=O)N(C4CCC(=O)NC4=O)C5=O)CC3)cc2)ncc1Cl. The Bertz CT molecular complexity index is 2460. The summed E-state index contributed by atoms with van der Waals surface area (Å²) in [7, 11) is -3.56. The number of imide groups is 2. The van der Waals surface area contributed by atoms with E-state index in [4.69, 9.17) is 16.3 Å². The third kappa shape index (κ3) is 9.97. The van der Waals surface area contributed by atoms with Crippen LogP contribution in [0.5, 0.6) is 0 Å². The lowest BCUT2D eigenvalue weighted by atomic mass is 10.0. The Morgan fingerprint density at radius 1 is 0.919 bits per heavy atom. The standard InChI is InChI=1S/C42H47ClN10O8S/c1-26(2)62(59,60)34-9-4-3-7-31(34)48-38-30(43)24-46-42(50-38)47-27-10-12-28(13-11-27)52-19-17-51(18-20-52)21-23-61-22-16-44-36(55)25-45-32-8-5-6-29-37(32)41(58)53(40(29)57)33-14-15-35(54)49-39(33)56/h3-13,24,26,33,45H,14-23,25H2,1-2H3,(H,44,55)(H,49,54,56)(H2,46,47,48,50). The van der Waals surface area contributed by atoms with Crippen LogP contribution in [0.4, 0.5) is 34.5 Å². The molecule has 5 amide bonds. The highest BCUT2D eigenvalue weighted by Gasteiger charge is 2.45. The van der Waals surface area contributed by atoms with Crippen molar-refractivity contribution in [2.24, 2.45) is 0 Å². The van der Waals surface area contributed by atoms with E-state index < -0.39 is 44.8 Å². The molecule has 4 heterocycles. The number of aromatic nitrogens is 2. The molecule has 1 unspecified atom stereocenters. The molecular formula is C42H47ClN10O8S. The zero-order valence-corrected chi connectivity index (χ0v) is 35.7. The van der Waals surface area contributed by atoms with Gasteiger partial charge in [0.05, 0.1) is 52.9 Å². The Morgan fingerprint density at radius 2 is 1.66 bits per heavy atom. The fraction of sp³-hybridized carbons (Fsp3) is 0.357. The molecule has 0 radical (unpaired) electrons. The molecule has 0 saturated carbocycles. The molecule has 326 valence electrons. The number of sulfone groups is 1. The minimum absolute atomic E-state index is 0.0231. The number of hydrogen-bond donors (Lipinski definition) is 5. The molecular weight excluding hydrogens is 840 g/mol. The zero-order chi connectivity index (χ0) is 44.0. The molecule has 5 N–H and O–H groups in total. The van der Waals surface area contributed by atoms with Crippen molar-refractivity contribution in [2.75, 3.05) is 79.9 Å². The Balaban J connectivity index is 0.797. The Hall–Kier alpha value is -6.15. The monoisotopic (exact) mass is 886 g/mol. The highest BCUT2D eigenvalue weighted by Crippen LogP contribution is 2.33. The van der Waals surface area contributed by atoms with Crippen LogP contribution in [0.25, 0.3) is 0 Å². The number of hydrogen-bond acceptors (Lipinski definition) is 15. The van der Waals surface area contributed by atoms with Gasteiger partial charge in [-0.2, -0.15) is 4.98 Å². The van der Waals surface area contributed by atoms with Crippen LogP contribution >= 0.6 is 11.6 Å². The molecule has 4 aromatic rings. The molecule has 1 atom stereocenters. The van der Waals surface area contributed by atoms with E-state index in [1.807, 2.05) is 24.3 Å². The van der Waals surface area contributed by atoms with E-state index in [2.05, 4.69) is 46.4 Å². The van der Waals surface area contributed by atoms with Gasteiger partial charge in [-0.05, 0) is 68.8 Å². The quantitative estimate of drug-likeness (QED) is 0.0755. The predicted octanol–water partition coefficient (Wildman–Crippen LogP) is 3.57. The van der Waals surface area contributed by atoms with Crippen LogP contribution in [0.3, 0.4) is 0 Å². The molecule has 2 saturated heterocycles. The molecule has 0 spiro atoms. The molecule has 3 aliphatic heterocycles. The number of piperazine rings is 1. The average Bonchev–Trinajstić information content (AvgIpc) is 3.51. The highest BCUT2D eigenvalue weighted by atomic mass is 35.5. The van der Waals surface area contributed by atoms with E-state index >= 15 is 0 Å². The van der Waals surface area contributed by atoms with Gasteiger partial charge in [0.1, 0.15) is 11.1 Å². The Morgan fingerprint density at radius 3 is 2.40 bits per heavy atom. The lowest BCUT2D eigenvalue weighted by molar-refractivity contribution is -0.136. The van der Waals surface area contributed by atoms with Crippen molar-refractivity contribution in [1.29, 1.82) is 0 Å². The van der Waals surface area contributed by atoms with Crippen LogP contribution in [0.15, 0.2) is 77.8 Å². The van der Waals surface area contributed by atoms with Gasteiger partial charge in [0.15, 0.2) is 15.7 Å². The smallest absolute Gasteiger partial charge is 0.264 e. The number of halogens is 1. The van der Waals surface area contributed by atoms with Crippen LogP contribution in [-0.2, 0) is 29.0 Å². The van der Waals surface area contributed by atoms with Crippen molar-refractivity contribution in [3.05, 3.63) is 89.1 Å². The first kappa shape index (κ1) is 43.9. The molecule has 1 aromatic heterocycles. The second-order valence-corrected chi connectivity index (χ2v) is 18.0. The minimum atomic E-state index is -3.56. The molecule has 3 aromatic carbocycles. The average molecular weight is 887 g/mol. The number of ether oxygens (including phenoxy) is 1. The molecule has 20 heteroatoms. The van der Waals surface area contributed by atoms with Crippen LogP contribution in [0.2, 0.25) is 5.02 Å². The summed E-state index contributed by atoms with van der Waals surface area (Å²) in [5.74, 6) is -2.18. The fourth-order valence-corrected chi connectivity index (χ4v) is 8.63. The zero-order valence-electron chi connectivity index (χ0n) is 34.1. The second-order valence-electron chi connectivity index (χ2n) is 15.1. The number of para-hydroxylation sites is 1. The van der Waals surface area contributed by atoms with Gasteiger partial charge >= 0.3 is 0 Å². The topological polar surface area (TPSA) is 224 Å². The third-order valence-corrected chi connectivity index (χ3v) is 13.2. The number of fused-ring (bicyclic) bond motifs is 1. The minimum Gasteiger partial charge on any atom is -0.378 e. The Labute approximate surface area is 363 Å². The van der Waals surface area contributed by atoms with Crippen molar-refractivity contribution < 1.29 is 37.1 Å². The van der Waals surface area contributed by atoms with E-state index in [-0.39, 0.29) is 64.6 Å². The predicted molar refractivity (Wildman–Crippen MR) is 233 cm³/mol. The van der Waals surface area contributed by atoms with E-state index in [0.717, 1.165) is 49.0 Å². The van der Waals surface area contributed by atoms with Gasteiger partial charge in [-0.1, -0.05) is 29.8 Å². The third-order valence-electron chi connectivity index (χ3n) is 10.7. The lowest BCUT2D eigenvalue weighted by Gasteiger charge is -2.36. The van der Waals surface area contributed by atoms with Gasteiger partial charge in [0.25, 0.3) is 11.8 Å². The van der Waals surface area contributed by atoms with Gasteiger partial charge < -0.3 is 30.9 Å². The van der Waals surface area contributed by atoms with Crippen molar-refractivity contribution in [2.45, 2.75) is 42.9 Å². The van der Waals surface area contributed by atoms with Crippen molar-refractivity contribution >= 4 is 85.5 Å². The first-order valence-corrected chi connectivity index (χ1v) is 22.1. The number of rotatable bonds is 17. The summed E-state index contributed by atoms with van der Waals surface area (Å²) < 4.78 is 31.7. The number of benzene rings is 3. The molecule has 2 fully saturated rings. The summed E-state index contributed by atoms with van der Waals surface area (Å²) in [5.41, 5.74) is 2.72. The molecule has 62 heavy (non-hydrogen) atoms. The van der Waals surface area contributed by atoms with E-state index in [9.17, 15) is 32.4 Å². The van der Waals surface area contributed by atoms with Crippen molar-refractivity contribution in [3.63, 3.8) is 0 Å². The van der Waals surface area contributed by atoms with Crippen LogP contribution in [0.1, 0.15) is 47.4 Å². The maximum atomic E-state index is 13.3. The number of nitrogens with zero attached hydrogens (tertiary/aromatic N) is 5. The number of piperidine rings is 1. The number of anilines is 6. The highest BCUT2D eigenvalue weighted by molar-refractivity contribution is 7.92. The largest absolute Gasteiger partial charge is 0.378 e. The van der Waals surface area contributed by atoms with Gasteiger partial charge in [-0.15, -0.1) is 0 Å². The lowest BCUT2D eigenvalue weighted by Crippen LogP contribution is -2.54. The van der Waals surface area contributed by atoms with Gasteiger partial charge in [0, 0.05) is 62.8 Å². The summed E-state index contributed by atoms with van der Waals surface area (Å²) in [4.78, 5) is 77.4. The summed E-state index contributed by atoms with van der Waals surface area (Å²) in [6, 6.07) is 18.2. The van der Waals surface area contributed by atoms with E-state index in [1.165, 1.54) is 12.3 Å². The normalized spacial score (nSPS) is 16.9. The molecule has 3 aliphatic rings. The second kappa shape index (κ2) is 19.3. The number of carbonyl (C=O) groups excluding carboxylic acids is 5. The van der Waals surface area contributed by atoms with Crippen molar-refractivity contribution in [3.8, 4) is 0 Å². The fourth-order valence-electron chi connectivity index (χ4n) is 7.29. The number of carbonyl (C=O) groups is 5. The molecule has 7 rings (SSSR count). The van der Waals surface area contributed by atoms with E-state index in [0.29, 0.717) is 24.6 Å². The summed E-state index contributed by atoms with van der Waals surface area (Å²) in [5, 5.41) is 13.8. The number of nitrogens with one attached hydrogen (secondary N) is 5. The summed E-state index contributed by atoms with van der Waals surface area (Å²) >= 11 is 6.40. The van der Waals surface area contributed by atoms with Gasteiger partial charge in [-0.25, -0.2) is 13.4 Å². The maximum absolute atomic E-state index is 13.3. The first-order valence-electron chi connectivity index (χ1n) is 20.2. The van der Waals surface area contributed by atoms with Crippen LogP contribution in [0, 0.1) is 0 Å². The van der Waals surface area contributed by atoms with Crippen LogP contribution < -0.4 is 31.5 Å². The molecule has 0 aliphatic carbocycles. The number of amides is 5. The summed E-state index contributed by atoms with van der Waals surface area (Å²) in [6.07, 6.45) is 1.53. The first-order chi connectivity index (χ1) is 29.8. The molecule has 0 bridgehead atoms. The summed E-state index contributed by atoms with van der Waals surface area (Å²) in [6.45, 7) is 8.32. The Kier molecular flexibility index (Phi) is 13.7. The van der Waals surface area contributed by atoms with Crippen molar-refractivity contribution in [1.82, 2.24) is 30.4 Å². The van der Waals surface area contributed by atoms with Gasteiger partial charge in [-0.3, -0.25) is 39.1 Å². The van der Waals surface area contributed by atoms with Gasteiger partial charge in [0.2, 0.25) is 23.7 Å².